The molecule has 0 radical (unpaired) electrons. The number of rotatable bonds is 1. The summed E-state index contributed by atoms with van der Waals surface area (Å²) in [5.74, 6) is -0.379. The van der Waals surface area contributed by atoms with E-state index >= 15 is 0 Å². The van der Waals surface area contributed by atoms with E-state index in [1.807, 2.05) is 0 Å². The number of benzene rings is 1. The van der Waals surface area contributed by atoms with Crippen LogP contribution in [0, 0.1) is 12.7 Å². The van der Waals surface area contributed by atoms with Crippen LogP contribution >= 0.6 is 0 Å². The minimum Gasteiger partial charge on any atom is -0.239 e. The Balaban J connectivity index is 3.18. The van der Waals surface area contributed by atoms with Gasteiger partial charge in [-0.2, -0.15) is 0 Å². The van der Waals surface area contributed by atoms with Gasteiger partial charge in [0.15, 0.2) is 0 Å². The topological polar surface area (TPSA) is 0 Å². The van der Waals surface area contributed by atoms with Gasteiger partial charge in [0.05, 0.1) is 0 Å². The summed E-state index contributed by atoms with van der Waals surface area (Å²) in [5.41, 5.74) is -0.330. The third-order valence-corrected chi connectivity index (χ3v) is 1.73. The maximum atomic E-state index is 13.3. The number of hydrogen-bond acceptors (Lipinski definition) is 0. The van der Waals surface area contributed by atoms with Crippen LogP contribution in [0.25, 0.3) is 0 Å². The van der Waals surface area contributed by atoms with Gasteiger partial charge in [-0.1, -0.05) is 6.07 Å². The van der Waals surface area contributed by atoms with Crippen molar-refractivity contribution in [3.63, 3.8) is 0 Å². The van der Waals surface area contributed by atoms with Gasteiger partial charge in [-0.3, -0.25) is 0 Å². The first-order valence-corrected chi connectivity index (χ1v) is 3.86. The summed E-state index contributed by atoms with van der Waals surface area (Å²) in [5, 5.41) is 0. The molecule has 1 aromatic rings. The third-order valence-electron chi connectivity index (χ3n) is 1.73. The summed E-state index contributed by atoms with van der Waals surface area (Å²) < 4.78 is 26.1. The van der Waals surface area contributed by atoms with Crippen molar-refractivity contribution in [1.29, 1.82) is 0 Å². The molecule has 0 aromatic heterocycles. The van der Waals surface area contributed by atoms with Crippen molar-refractivity contribution in [2.24, 2.45) is 0 Å². The minimum atomic E-state index is -1.47. The van der Waals surface area contributed by atoms with Crippen LogP contribution in [-0.4, -0.2) is 0 Å². The van der Waals surface area contributed by atoms with E-state index < -0.39 is 5.67 Å². The van der Waals surface area contributed by atoms with E-state index in [0.29, 0.717) is 5.56 Å². The molecule has 2 heteroatoms. The number of aryl methyl sites for hydroxylation is 1. The van der Waals surface area contributed by atoms with E-state index in [0.717, 1.165) is 5.56 Å². The van der Waals surface area contributed by atoms with Gasteiger partial charge >= 0.3 is 0 Å². The second kappa shape index (κ2) is 2.85. The van der Waals surface area contributed by atoms with Crippen molar-refractivity contribution >= 4 is 0 Å². The number of alkyl halides is 1. The molecule has 0 amide bonds. The van der Waals surface area contributed by atoms with E-state index in [9.17, 15) is 8.78 Å². The molecule has 12 heavy (non-hydrogen) atoms. The molecule has 0 unspecified atom stereocenters. The Morgan fingerprint density at radius 3 is 2.17 bits per heavy atom. The lowest BCUT2D eigenvalue weighted by Crippen LogP contribution is -2.09. The smallest absolute Gasteiger partial charge is 0.130 e. The van der Waals surface area contributed by atoms with Crippen molar-refractivity contribution in [1.82, 2.24) is 0 Å². The Bertz CT molecular complexity index is 264. The van der Waals surface area contributed by atoms with Gasteiger partial charge < -0.3 is 0 Å². The Morgan fingerprint density at radius 1 is 1.17 bits per heavy atom. The molecule has 0 fully saturated rings. The summed E-state index contributed by atoms with van der Waals surface area (Å²) in [7, 11) is 0. The van der Waals surface area contributed by atoms with Gasteiger partial charge in [0.2, 0.25) is 0 Å². The Morgan fingerprint density at radius 2 is 1.75 bits per heavy atom. The Kier molecular flexibility index (Phi) is 2.18. The van der Waals surface area contributed by atoms with E-state index in [-0.39, 0.29) is 5.82 Å². The molecule has 1 aromatic carbocycles. The van der Waals surface area contributed by atoms with Gasteiger partial charge in [-0.05, 0) is 44.0 Å². The van der Waals surface area contributed by atoms with Crippen LogP contribution in [-0.2, 0) is 5.67 Å². The predicted molar refractivity (Wildman–Crippen MR) is 45.3 cm³/mol. The maximum absolute atomic E-state index is 13.3. The highest BCUT2D eigenvalue weighted by Gasteiger charge is 2.19. The average molecular weight is 170 g/mol. The van der Waals surface area contributed by atoms with Crippen LogP contribution in [0.15, 0.2) is 18.2 Å². The quantitative estimate of drug-likeness (QED) is 0.606. The number of hydrogen-bond donors (Lipinski definition) is 0. The molecule has 0 saturated carbocycles. The summed E-state index contributed by atoms with van der Waals surface area (Å²) in [4.78, 5) is 0. The second-order valence-electron chi connectivity index (χ2n) is 3.49. The molecule has 0 atom stereocenters. The Hall–Kier alpha value is -0.920. The van der Waals surface area contributed by atoms with Crippen molar-refractivity contribution in [3.8, 4) is 0 Å². The van der Waals surface area contributed by atoms with Gasteiger partial charge in [0, 0.05) is 0 Å². The monoisotopic (exact) mass is 170 g/mol. The first-order chi connectivity index (χ1) is 5.39. The van der Waals surface area contributed by atoms with Gasteiger partial charge in [-0.15, -0.1) is 0 Å². The minimum absolute atomic E-state index is 0.379. The fraction of sp³-hybridized carbons (Fsp3) is 0.400. The molecule has 0 aliphatic carbocycles. The normalized spacial score (nSPS) is 11.8. The molecule has 0 saturated heterocycles. The molecular formula is C10H12F2. The largest absolute Gasteiger partial charge is 0.239 e. The summed E-state index contributed by atoms with van der Waals surface area (Å²) >= 11 is 0. The molecule has 0 aliphatic rings. The Labute approximate surface area is 71.2 Å². The van der Waals surface area contributed by atoms with Crippen molar-refractivity contribution in [2.75, 3.05) is 0 Å². The van der Waals surface area contributed by atoms with Crippen LogP contribution < -0.4 is 0 Å². The molecular weight excluding hydrogens is 158 g/mol. The predicted octanol–water partition coefficient (Wildman–Crippen LogP) is 3.34. The van der Waals surface area contributed by atoms with Gasteiger partial charge in [0.25, 0.3) is 0 Å². The zero-order valence-electron chi connectivity index (χ0n) is 7.49. The molecule has 66 valence electrons. The molecule has 1 rings (SSSR count). The SMILES string of the molecule is Cc1cc(F)cc(C(C)(C)F)c1. The highest BCUT2D eigenvalue weighted by atomic mass is 19.1. The molecule has 0 aliphatic heterocycles. The first-order valence-electron chi connectivity index (χ1n) is 3.86. The van der Waals surface area contributed by atoms with Gasteiger partial charge in [-0.25, -0.2) is 8.78 Å². The maximum Gasteiger partial charge on any atom is 0.130 e. The lowest BCUT2D eigenvalue weighted by atomic mass is 9.98. The van der Waals surface area contributed by atoms with E-state index in [4.69, 9.17) is 0 Å². The van der Waals surface area contributed by atoms with Crippen LogP contribution in [0.5, 0.6) is 0 Å². The lowest BCUT2D eigenvalue weighted by Gasteiger charge is -2.15. The first kappa shape index (κ1) is 9.17. The zero-order valence-corrected chi connectivity index (χ0v) is 7.49. The van der Waals surface area contributed by atoms with Crippen LogP contribution in [0.1, 0.15) is 25.0 Å². The highest BCUT2D eigenvalue weighted by Crippen LogP contribution is 2.25. The molecule has 0 N–H and O–H groups in total. The third kappa shape index (κ3) is 2.03. The lowest BCUT2D eigenvalue weighted by molar-refractivity contribution is 0.220. The van der Waals surface area contributed by atoms with Crippen LogP contribution in [0.4, 0.5) is 8.78 Å². The second-order valence-corrected chi connectivity index (χ2v) is 3.49. The van der Waals surface area contributed by atoms with E-state index in [1.165, 1.54) is 26.0 Å². The zero-order chi connectivity index (χ0) is 9.35. The molecule has 0 nitrogen and oxygen atoms in total. The summed E-state index contributed by atoms with van der Waals surface area (Å²) in [6, 6.07) is 4.27. The molecule has 0 heterocycles. The summed E-state index contributed by atoms with van der Waals surface area (Å²) in [6.45, 7) is 4.58. The van der Waals surface area contributed by atoms with Crippen LogP contribution in [0.2, 0.25) is 0 Å². The van der Waals surface area contributed by atoms with E-state index in [2.05, 4.69) is 0 Å². The van der Waals surface area contributed by atoms with Crippen molar-refractivity contribution in [2.45, 2.75) is 26.4 Å². The average Bonchev–Trinajstić information content (AvgIpc) is 1.82. The standard InChI is InChI=1S/C10H12F2/c1-7-4-8(10(2,3)12)6-9(11)5-7/h4-6H,1-3H3. The fourth-order valence-electron chi connectivity index (χ4n) is 1.08. The molecule has 0 bridgehead atoms. The van der Waals surface area contributed by atoms with Crippen LogP contribution in [0.3, 0.4) is 0 Å². The van der Waals surface area contributed by atoms with Gasteiger partial charge in [0.1, 0.15) is 11.5 Å². The fourth-order valence-corrected chi connectivity index (χ4v) is 1.08. The number of halogens is 2. The van der Waals surface area contributed by atoms with Crippen molar-refractivity contribution in [3.05, 3.63) is 35.1 Å². The van der Waals surface area contributed by atoms with E-state index in [1.54, 1.807) is 13.0 Å². The van der Waals surface area contributed by atoms with Crippen molar-refractivity contribution < 1.29 is 8.78 Å². The summed E-state index contributed by atoms with van der Waals surface area (Å²) in [6.07, 6.45) is 0. The molecule has 0 spiro atoms. The highest BCUT2D eigenvalue weighted by molar-refractivity contribution is 5.27.